The van der Waals surface area contributed by atoms with E-state index in [1.54, 1.807) is 19.0 Å². The molecule has 0 atom stereocenters. The Labute approximate surface area is 68.8 Å². The Kier molecular flexibility index (Phi) is 2.14. The second-order valence-corrected chi connectivity index (χ2v) is 2.66. The lowest BCUT2D eigenvalue weighted by Crippen LogP contribution is -2.15. The van der Waals surface area contributed by atoms with Crippen LogP contribution in [0, 0.1) is 0 Å². The van der Waals surface area contributed by atoms with Crippen LogP contribution in [0.5, 0.6) is 0 Å². The molecule has 0 unspecified atom stereocenters. The zero-order chi connectivity index (χ0) is 8.43. The molecular weight excluding hydrogens is 166 g/mol. The van der Waals surface area contributed by atoms with Crippen molar-refractivity contribution in [3.05, 3.63) is 21.6 Å². The van der Waals surface area contributed by atoms with Gasteiger partial charge in [-0.3, -0.25) is 4.79 Å². The predicted molar refractivity (Wildman–Crippen MR) is 44.2 cm³/mol. The molecule has 1 aromatic rings. The van der Waals surface area contributed by atoms with Crippen LogP contribution >= 0.6 is 11.6 Å². The number of anilines is 1. The molecule has 0 spiro atoms. The molecular formula is C6H8ClN3O. The topological polar surface area (TPSA) is 49.0 Å². The highest BCUT2D eigenvalue weighted by atomic mass is 35.5. The largest absolute Gasteiger partial charge is 0.375 e. The molecule has 0 saturated carbocycles. The van der Waals surface area contributed by atoms with Crippen LogP contribution in [0.4, 0.5) is 5.69 Å². The molecule has 0 fully saturated rings. The fourth-order valence-corrected chi connectivity index (χ4v) is 0.957. The quantitative estimate of drug-likeness (QED) is 0.673. The van der Waals surface area contributed by atoms with Crippen LogP contribution in [0.2, 0.25) is 5.15 Å². The first-order valence-electron chi connectivity index (χ1n) is 3.04. The van der Waals surface area contributed by atoms with Gasteiger partial charge in [0.05, 0.1) is 5.69 Å². The monoisotopic (exact) mass is 173 g/mol. The lowest BCUT2D eigenvalue weighted by atomic mass is 10.4. The van der Waals surface area contributed by atoms with E-state index in [9.17, 15) is 4.79 Å². The Morgan fingerprint density at radius 3 is 2.73 bits per heavy atom. The van der Waals surface area contributed by atoms with E-state index in [4.69, 9.17) is 11.6 Å². The summed E-state index contributed by atoms with van der Waals surface area (Å²) in [6.07, 6.45) is 0. The predicted octanol–water partition coefficient (Wildman–Crippen LogP) is 0.489. The highest BCUT2D eigenvalue weighted by Crippen LogP contribution is 2.17. The molecule has 0 aliphatic rings. The van der Waals surface area contributed by atoms with Crippen molar-refractivity contribution in [1.82, 2.24) is 10.2 Å². The minimum Gasteiger partial charge on any atom is -0.375 e. The third kappa shape index (κ3) is 1.71. The zero-order valence-corrected chi connectivity index (χ0v) is 7.01. The first-order valence-corrected chi connectivity index (χ1v) is 3.41. The van der Waals surface area contributed by atoms with Gasteiger partial charge in [0.2, 0.25) is 0 Å². The van der Waals surface area contributed by atoms with Crippen molar-refractivity contribution in [2.24, 2.45) is 0 Å². The summed E-state index contributed by atoms with van der Waals surface area (Å²) in [6.45, 7) is 0. The van der Waals surface area contributed by atoms with E-state index in [1.807, 2.05) is 0 Å². The van der Waals surface area contributed by atoms with E-state index < -0.39 is 0 Å². The Bertz CT molecular complexity index is 307. The van der Waals surface area contributed by atoms with Crippen LogP contribution in [0.25, 0.3) is 0 Å². The molecule has 0 radical (unpaired) electrons. The van der Waals surface area contributed by atoms with Crippen molar-refractivity contribution in [1.29, 1.82) is 0 Å². The molecule has 0 amide bonds. The average molecular weight is 174 g/mol. The highest BCUT2D eigenvalue weighted by Gasteiger charge is 2.02. The number of nitrogens with one attached hydrogen (secondary N) is 1. The van der Waals surface area contributed by atoms with Gasteiger partial charge in [-0.25, -0.2) is 5.10 Å². The van der Waals surface area contributed by atoms with Crippen molar-refractivity contribution in [3.8, 4) is 0 Å². The van der Waals surface area contributed by atoms with E-state index in [1.165, 1.54) is 6.07 Å². The number of hydrogen-bond acceptors (Lipinski definition) is 3. The highest BCUT2D eigenvalue weighted by molar-refractivity contribution is 6.31. The summed E-state index contributed by atoms with van der Waals surface area (Å²) in [5.74, 6) is 0. The second-order valence-electron chi connectivity index (χ2n) is 2.30. The van der Waals surface area contributed by atoms with Gasteiger partial charge in [-0.1, -0.05) is 11.6 Å². The van der Waals surface area contributed by atoms with Gasteiger partial charge < -0.3 is 4.90 Å². The van der Waals surface area contributed by atoms with Crippen LogP contribution in [-0.2, 0) is 0 Å². The second kappa shape index (κ2) is 2.92. The molecule has 4 nitrogen and oxygen atoms in total. The summed E-state index contributed by atoms with van der Waals surface area (Å²) in [4.78, 5) is 12.5. The fourth-order valence-electron chi connectivity index (χ4n) is 0.691. The van der Waals surface area contributed by atoms with Gasteiger partial charge in [-0.05, 0) is 0 Å². The maximum Gasteiger partial charge on any atom is 0.266 e. The number of rotatable bonds is 1. The van der Waals surface area contributed by atoms with Crippen molar-refractivity contribution < 1.29 is 0 Å². The summed E-state index contributed by atoms with van der Waals surface area (Å²) in [7, 11) is 3.59. The number of H-pyrrole nitrogens is 1. The SMILES string of the molecule is CN(C)c1cc(=O)[nH]nc1Cl. The minimum atomic E-state index is -0.252. The van der Waals surface area contributed by atoms with E-state index in [-0.39, 0.29) is 5.56 Å². The van der Waals surface area contributed by atoms with Gasteiger partial charge in [0.15, 0.2) is 5.15 Å². The van der Waals surface area contributed by atoms with Gasteiger partial charge in [0.1, 0.15) is 0 Å². The molecule has 1 aromatic heterocycles. The lowest BCUT2D eigenvalue weighted by molar-refractivity contribution is 0.968. The molecule has 0 aliphatic carbocycles. The van der Waals surface area contributed by atoms with E-state index in [0.717, 1.165) is 0 Å². The number of aromatic amines is 1. The van der Waals surface area contributed by atoms with Gasteiger partial charge in [-0.2, -0.15) is 5.10 Å². The van der Waals surface area contributed by atoms with E-state index in [0.29, 0.717) is 10.8 Å². The summed E-state index contributed by atoms with van der Waals surface area (Å²) < 4.78 is 0. The van der Waals surface area contributed by atoms with Crippen LogP contribution in [-0.4, -0.2) is 24.3 Å². The van der Waals surface area contributed by atoms with Crippen LogP contribution in [0.15, 0.2) is 10.9 Å². The third-order valence-corrected chi connectivity index (χ3v) is 1.50. The van der Waals surface area contributed by atoms with E-state index in [2.05, 4.69) is 10.2 Å². The molecule has 60 valence electrons. The number of nitrogens with zero attached hydrogens (tertiary/aromatic N) is 2. The van der Waals surface area contributed by atoms with Gasteiger partial charge in [0, 0.05) is 20.2 Å². The molecule has 0 aliphatic heterocycles. The molecule has 0 saturated heterocycles. The molecule has 0 aromatic carbocycles. The van der Waals surface area contributed by atoms with Crippen LogP contribution < -0.4 is 10.5 Å². The Balaban J connectivity index is 3.23. The lowest BCUT2D eigenvalue weighted by Gasteiger charge is -2.11. The summed E-state index contributed by atoms with van der Waals surface area (Å²) in [6, 6.07) is 1.40. The van der Waals surface area contributed by atoms with Crippen molar-refractivity contribution >= 4 is 17.3 Å². The smallest absolute Gasteiger partial charge is 0.266 e. The van der Waals surface area contributed by atoms with Gasteiger partial charge in [0.25, 0.3) is 5.56 Å². The normalized spacial score (nSPS) is 9.73. The molecule has 1 rings (SSSR count). The molecule has 1 heterocycles. The Morgan fingerprint density at radius 2 is 2.27 bits per heavy atom. The third-order valence-electron chi connectivity index (χ3n) is 1.23. The number of hydrogen-bond donors (Lipinski definition) is 1. The number of aromatic nitrogens is 2. The standard InChI is InChI=1S/C6H8ClN3O/c1-10(2)4-3-5(11)8-9-6(4)7/h3H,1-2H3,(H,8,11). The maximum atomic E-state index is 10.7. The first kappa shape index (κ1) is 8.07. The van der Waals surface area contributed by atoms with Gasteiger partial charge in [-0.15, -0.1) is 0 Å². The Hall–Kier alpha value is -1.03. The van der Waals surface area contributed by atoms with Crippen LogP contribution in [0.1, 0.15) is 0 Å². The molecule has 0 bridgehead atoms. The van der Waals surface area contributed by atoms with Crippen molar-refractivity contribution in [2.75, 3.05) is 19.0 Å². The minimum absolute atomic E-state index is 0.252. The number of halogens is 1. The Morgan fingerprint density at radius 1 is 1.64 bits per heavy atom. The molecule has 1 N–H and O–H groups in total. The summed E-state index contributed by atoms with van der Waals surface area (Å²) in [5, 5.41) is 6.12. The van der Waals surface area contributed by atoms with Crippen LogP contribution in [0.3, 0.4) is 0 Å². The van der Waals surface area contributed by atoms with Crippen molar-refractivity contribution in [2.45, 2.75) is 0 Å². The first-order chi connectivity index (χ1) is 5.11. The fraction of sp³-hybridized carbons (Fsp3) is 0.333. The zero-order valence-electron chi connectivity index (χ0n) is 6.26. The summed E-state index contributed by atoms with van der Waals surface area (Å²) in [5.41, 5.74) is 0.369. The molecule has 5 heteroatoms. The van der Waals surface area contributed by atoms with E-state index >= 15 is 0 Å². The average Bonchev–Trinajstić information content (AvgIpc) is 1.94. The molecule has 11 heavy (non-hydrogen) atoms. The summed E-state index contributed by atoms with van der Waals surface area (Å²) >= 11 is 5.67. The maximum absolute atomic E-state index is 10.7. The van der Waals surface area contributed by atoms with Gasteiger partial charge >= 0.3 is 0 Å². The van der Waals surface area contributed by atoms with Crippen molar-refractivity contribution in [3.63, 3.8) is 0 Å².